The predicted molar refractivity (Wildman–Crippen MR) is 92.6 cm³/mol. The fraction of sp³-hybridized carbons (Fsp3) is 0.118. The number of nitrogens with one attached hydrogen (secondary N) is 1. The first-order chi connectivity index (χ1) is 11.3. The molecule has 23 heavy (non-hydrogen) atoms. The van der Waals surface area contributed by atoms with Crippen molar-refractivity contribution in [3.63, 3.8) is 0 Å². The number of hydrogen-bond acceptors (Lipinski definition) is 6. The van der Waals surface area contributed by atoms with E-state index in [0.717, 1.165) is 27.8 Å². The summed E-state index contributed by atoms with van der Waals surface area (Å²) in [7, 11) is 1.66. The molecule has 0 saturated heterocycles. The summed E-state index contributed by atoms with van der Waals surface area (Å²) in [6, 6.07) is 15.9. The Bertz CT molecular complexity index is 701. The molecule has 118 valence electrons. The number of thioether (sulfide) groups is 1. The van der Waals surface area contributed by atoms with Gasteiger partial charge in [-0.25, -0.2) is 0 Å². The predicted octanol–water partition coefficient (Wildman–Crippen LogP) is 3.72. The zero-order valence-electron chi connectivity index (χ0n) is 12.7. The molecule has 1 heterocycles. The molecule has 1 aliphatic heterocycles. The van der Waals surface area contributed by atoms with Gasteiger partial charge in [0, 0.05) is 11.1 Å². The average Bonchev–Trinajstić information content (AvgIpc) is 3.13. The van der Waals surface area contributed by atoms with Crippen LogP contribution in [0.3, 0.4) is 0 Å². The third kappa shape index (κ3) is 4.28. The maximum atomic E-state index is 5.16. The molecule has 0 spiro atoms. The van der Waals surface area contributed by atoms with Crippen molar-refractivity contribution in [1.82, 2.24) is 10.6 Å². The molecule has 5 nitrogen and oxygen atoms in total. The number of para-hydroxylation sites is 1. The Kier molecular flexibility index (Phi) is 5.18. The minimum absolute atomic E-state index is 0.728. The Labute approximate surface area is 139 Å². The zero-order valence-corrected chi connectivity index (χ0v) is 13.5. The molecule has 0 atom stereocenters. The van der Waals surface area contributed by atoms with Gasteiger partial charge >= 0.3 is 0 Å². The first kappa shape index (κ1) is 15.5. The maximum absolute atomic E-state index is 5.16. The van der Waals surface area contributed by atoms with Crippen LogP contribution in [0.2, 0.25) is 0 Å². The first-order valence-electron chi connectivity index (χ1n) is 7.10. The molecule has 2 aromatic rings. The number of hydrazine groups is 1. The summed E-state index contributed by atoms with van der Waals surface area (Å²) in [5.41, 5.74) is 4.74. The van der Waals surface area contributed by atoms with Gasteiger partial charge in [-0.2, -0.15) is 0 Å². The molecule has 0 saturated carbocycles. The summed E-state index contributed by atoms with van der Waals surface area (Å²) in [5, 5.41) is 1.86. The Hall–Kier alpha value is -2.44. The molecule has 0 unspecified atom stereocenters. The molecule has 3 rings (SSSR count). The van der Waals surface area contributed by atoms with E-state index in [1.165, 1.54) is 0 Å². The quantitative estimate of drug-likeness (QED) is 0.647. The molecule has 1 N–H and O–H groups in total. The highest BCUT2D eigenvalue weighted by Gasteiger charge is 2.07. The number of methoxy groups -OCH3 is 1. The summed E-state index contributed by atoms with van der Waals surface area (Å²) in [6.07, 6.45) is 5.31. The summed E-state index contributed by atoms with van der Waals surface area (Å²) < 4.78 is 5.16. The highest BCUT2D eigenvalue weighted by molar-refractivity contribution is 7.99. The van der Waals surface area contributed by atoms with Crippen LogP contribution in [0.5, 0.6) is 5.75 Å². The number of ether oxygens (including phenoxy) is 1. The van der Waals surface area contributed by atoms with E-state index in [9.17, 15) is 0 Å². The minimum Gasteiger partial charge on any atom is -0.497 e. The topological polar surface area (TPSA) is 46.1 Å². The molecular formula is C17H17N3O2S. The van der Waals surface area contributed by atoms with Gasteiger partial charge in [-0.1, -0.05) is 17.7 Å². The van der Waals surface area contributed by atoms with Crippen LogP contribution >= 0.6 is 11.8 Å². The van der Waals surface area contributed by atoms with E-state index in [2.05, 4.69) is 16.6 Å². The highest BCUT2D eigenvalue weighted by atomic mass is 32.2. The Morgan fingerprint density at radius 3 is 2.78 bits per heavy atom. The molecule has 0 fully saturated rings. The molecule has 0 bridgehead atoms. The number of rotatable bonds is 6. The van der Waals surface area contributed by atoms with Gasteiger partial charge in [-0.3, -0.25) is 10.0 Å². The van der Waals surface area contributed by atoms with Crippen molar-refractivity contribution in [1.29, 1.82) is 0 Å². The van der Waals surface area contributed by atoms with Crippen molar-refractivity contribution < 1.29 is 9.57 Å². The molecule has 0 amide bonds. The van der Waals surface area contributed by atoms with E-state index in [4.69, 9.17) is 9.57 Å². The van der Waals surface area contributed by atoms with Crippen LogP contribution in [0.4, 0.5) is 5.69 Å². The number of hydrogen-bond donors (Lipinski definition) is 1. The summed E-state index contributed by atoms with van der Waals surface area (Å²) >= 11 is 1.68. The lowest BCUT2D eigenvalue weighted by Crippen LogP contribution is -2.26. The van der Waals surface area contributed by atoms with E-state index in [-0.39, 0.29) is 0 Å². The minimum atomic E-state index is 0.728. The van der Waals surface area contributed by atoms with Crippen molar-refractivity contribution in [2.75, 3.05) is 13.0 Å². The van der Waals surface area contributed by atoms with Crippen molar-refractivity contribution >= 4 is 23.7 Å². The fourth-order valence-corrected chi connectivity index (χ4v) is 2.82. The average molecular weight is 327 g/mol. The van der Waals surface area contributed by atoms with E-state index < -0.39 is 0 Å². The van der Waals surface area contributed by atoms with Gasteiger partial charge in [0.25, 0.3) is 0 Å². The van der Waals surface area contributed by atoms with Gasteiger partial charge in [-0.15, -0.1) is 11.8 Å². The molecule has 0 aromatic heterocycles. The summed E-state index contributed by atoms with van der Waals surface area (Å²) in [5.74, 6) is 1.57. The second-order valence-corrected chi connectivity index (χ2v) is 5.72. The van der Waals surface area contributed by atoms with Crippen LogP contribution in [0.1, 0.15) is 5.56 Å². The second kappa shape index (κ2) is 7.71. The van der Waals surface area contributed by atoms with Crippen molar-refractivity contribution in [2.24, 2.45) is 4.99 Å². The van der Waals surface area contributed by atoms with E-state index in [1.807, 2.05) is 59.9 Å². The fourth-order valence-electron chi connectivity index (χ4n) is 1.96. The standard InChI is InChI=1S/C17H17N3O2S/c1-21-15-8-6-14(7-9-15)12-18-16-4-2-3-5-17(16)23-13-20-10-11-22-19-20/h2-12,19H,13H2,1H3/b18-12+. The molecule has 0 aliphatic carbocycles. The van der Waals surface area contributed by atoms with Crippen LogP contribution in [0.15, 0.2) is 70.9 Å². The van der Waals surface area contributed by atoms with Crippen LogP contribution in [-0.2, 0) is 4.84 Å². The van der Waals surface area contributed by atoms with Crippen LogP contribution < -0.4 is 10.3 Å². The van der Waals surface area contributed by atoms with Crippen LogP contribution in [0, 0.1) is 0 Å². The van der Waals surface area contributed by atoms with Crippen LogP contribution in [-0.4, -0.2) is 24.2 Å². The van der Waals surface area contributed by atoms with Gasteiger partial charge in [0.15, 0.2) is 0 Å². The SMILES string of the molecule is COc1ccc(/C=N/c2ccccc2SCN2C=CON2)cc1. The van der Waals surface area contributed by atoms with Crippen molar-refractivity contribution in [3.05, 3.63) is 66.6 Å². The highest BCUT2D eigenvalue weighted by Crippen LogP contribution is 2.29. The van der Waals surface area contributed by atoms with Gasteiger partial charge in [0.1, 0.15) is 12.0 Å². The van der Waals surface area contributed by atoms with Crippen molar-refractivity contribution in [2.45, 2.75) is 4.90 Å². The van der Waals surface area contributed by atoms with E-state index >= 15 is 0 Å². The molecule has 0 radical (unpaired) electrons. The van der Waals surface area contributed by atoms with Gasteiger partial charge in [0.2, 0.25) is 0 Å². The zero-order chi connectivity index (χ0) is 15.9. The molecule has 1 aliphatic rings. The molecular weight excluding hydrogens is 310 g/mol. The number of benzene rings is 2. The second-order valence-electron chi connectivity index (χ2n) is 4.74. The van der Waals surface area contributed by atoms with Gasteiger partial charge < -0.3 is 9.57 Å². The van der Waals surface area contributed by atoms with Crippen molar-refractivity contribution in [3.8, 4) is 5.75 Å². The van der Waals surface area contributed by atoms with E-state index in [0.29, 0.717) is 0 Å². The smallest absolute Gasteiger partial charge is 0.131 e. The largest absolute Gasteiger partial charge is 0.497 e. The lowest BCUT2D eigenvalue weighted by molar-refractivity contribution is 0.0483. The molecule has 6 heteroatoms. The summed E-state index contributed by atoms with van der Waals surface area (Å²) in [4.78, 5) is 10.7. The lowest BCUT2D eigenvalue weighted by atomic mass is 10.2. The Balaban J connectivity index is 1.68. The number of aliphatic imine (C=N–C) groups is 1. The van der Waals surface area contributed by atoms with Gasteiger partial charge in [-0.05, 0) is 42.0 Å². The maximum Gasteiger partial charge on any atom is 0.131 e. The first-order valence-corrected chi connectivity index (χ1v) is 8.08. The van der Waals surface area contributed by atoms with Gasteiger partial charge in [0.05, 0.1) is 24.9 Å². The molecule has 2 aromatic carbocycles. The Morgan fingerprint density at radius 1 is 1.22 bits per heavy atom. The van der Waals surface area contributed by atoms with Crippen LogP contribution in [0.25, 0.3) is 0 Å². The number of nitrogens with zero attached hydrogens (tertiary/aromatic N) is 2. The lowest BCUT2D eigenvalue weighted by Gasteiger charge is -2.13. The Morgan fingerprint density at radius 2 is 2.04 bits per heavy atom. The monoisotopic (exact) mass is 327 g/mol. The summed E-state index contributed by atoms with van der Waals surface area (Å²) in [6.45, 7) is 0. The normalized spacial score (nSPS) is 13.5. The third-order valence-electron chi connectivity index (χ3n) is 3.17. The third-order valence-corrected chi connectivity index (χ3v) is 4.24. The van der Waals surface area contributed by atoms with E-state index in [1.54, 1.807) is 25.1 Å².